The second kappa shape index (κ2) is 6.25. The van der Waals surface area contributed by atoms with Gasteiger partial charge in [-0.1, -0.05) is 13.1 Å². The maximum atomic E-state index is 12.4. The molecule has 0 bridgehead atoms. The van der Waals surface area contributed by atoms with Crippen LogP contribution in [-0.4, -0.2) is 47.4 Å². The van der Waals surface area contributed by atoms with Crippen molar-refractivity contribution in [1.29, 1.82) is 0 Å². The molecular formula is C16H29N3O4Si. The maximum Gasteiger partial charge on any atom is 0.351 e. The predicted molar refractivity (Wildman–Crippen MR) is 95.6 cm³/mol. The van der Waals surface area contributed by atoms with Gasteiger partial charge in [0.1, 0.15) is 16.8 Å². The molecule has 0 unspecified atom stereocenters. The van der Waals surface area contributed by atoms with Crippen molar-refractivity contribution < 1.29 is 14.6 Å². The van der Waals surface area contributed by atoms with E-state index in [1.807, 2.05) is 27.7 Å². The highest BCUT2D eigenvalue weighted by molar-refractivity contribution is 6.58. The lowest BCUT2D eigenvalue weighted by molar-refractivity contribution is -0.167. The summed E-state index contributed by atoms with van der Waals surface area (Å²) in [5.74, 6) is 0.183. The van der Waals surface area contributed by atoms with Crippen LogP contribution in [0.4, 0.5) is 5.82 Å². The smallest absolute Gasteiger partial charge is 0.351 e. The second-order valence-electron chi connectivity index (χ2n) is 8.00. The summed E-state index contributed by atoms with van der Waals surface area (Å²) in [6.07, 6.45) is 1.80. The highest BCUT2D eigenvalue weighted by Gasteiger charge is 2.57. The van der Waals surface area contributed by atoms with Gasteiger partial charge in [0.2, 0.25) is 0 Å². The Hall–Kier alpha value is -1.22. The maximum absolute atomic E-state index is 12.4. The quantitative estimate of drug-likeness (QED) is 0.777. The van der Waals surface area contributed by atoms with Gasteiger partial charge in [-0.25, -0.2) is 4.79 Å². The van der Waals surface area contributed by atoms with Crippen molar-refractivity contribution in [2.24, 2.45) is 0 Å². The highest BCUT2D eigenvalue weighted by atomic mass is 28.3. The normalized spacial score (nSPS) is 30.9. The Kier molecular flexibility index (Phi) is 4.98. The number of nitrogen functional groups attached to an aromatic ring is 1. The first-order valence-corrected chi connectivity index (χ1v) is 11.2. The first-order valence-electron chi connectivity index (χ1n) is 8.28. The van der Waals surface area contributed by atoms with E-state index in [1.165, 1.54) is 4.57 Å². The van der Waals surface area contributed by atoms with Crippen molar-refractivity contribution in [3.63, 3.8) is 0 Å². The lowest BCUT2D eigenvalue weighted by Gasteiger charge is -2.36. The SMILES string of the molecule is C[SiH](C)[C@]1(n2ccc(N)nc2=O)C[C@H](OC(C)(C)C)[C@@](C)(CO)O1. The largest absolute Gasteiger partial charge is 0.393 e. The van der Waals surface area contributed by atoms with E-state index in [9.17, 15) is 9.90 Å². The van der Waals surface area contributed by atoms with Gasteiger partial charge in [0, 0.05) is 12.6 Å². The minimum Gasteiger partial charge on any atom is -0.393 e. The minimum atomic E-state index is -1.56. The third-order valence-electron chi connectivity index (χ3n) is 4.51. The van der Waals surface area contributed by atoms with Crippen LogP contribution in [0.2, 0.25) is 13.1 Å². The standard InChI is InChI=1S/C16H29N3O4Si/c1-14(2,3)22-11-9-16(24(5)6,23-15(11,4)10-20)19-8-7-12(17)18-13(19)21/h7-8,11,20,24H,9-10H2,1-6H3,(H2,17,18,21)/t11-,15+,16-/m0/s1. The first kappa shape index (κ1) is 19.1. The number of nitrogens with zero attached hydrogens (tertiary/aromatic N) is 2. The third kappa shape index (κ3) is 3.42. The fourth-order valence-electron chi connectivity index (χ4n) is 3.20. The Balaban J connectivity index is 2.53. The summed E-state index contributed by atoms with van der Waals surface area (Å²) in [6.45, 7) is 11.8. The van der Waals surface area contributed by atoms with Crippen molar-refractivity contribution in [2.45, 2.75) is 69.9 Å². The van der Waals surface area contributed by atoms with Crippen molar-refractivity contribution in [2.75, 3.05) is 12.3 Å². The van der Waals surface area contributed by atoms with Gasteiger partial charge in [-0.15, -0.1) is 0 Å². The molecule has 0 aliphatic carbocycles. The zero-order valence-electron chi connectivity index (χ0n) is 15.4. The molecular weight excluding hydrogens is 326 g/mol. The van der Waals surface area contributed by atoms with E-state index in [0.717, 1.165) is 0 Å². The molecule has 8 heteroatoms. The summed E-state index contributed by atoms with van der Waals surface area (Å²) >= 11 is 0. The highest BCUT2D eigenvalue weighted by Crippen LogP contribution is 2.45. The number of ether oxygens (including phenoxy) is 2. The lowest BCUT2D eigenvalue weighted by Crippen LogP contribution is -2.52. The van der Waals surface area contributed by atoms with Crippen LogP contribution in [-0.2, 0) is 14.8 Å². The summed E-state index contributed by atoms with van der Waals surface area (Å²) in [7, 11) is -1.56. The van der Waals surface area contributed by atoms with Gasteiger partial charge in [0.25, 0.3) is 0 Å². The van der Waals surface area contributed by atoms with E-state index in [-0.39, 0.29) is 24.1 Å². The van der Waals surface area contributed by atoms with E-state index < -0.39 is 25.4 Å². The number of hydrogen-bond donors (Lipinski definition) is 2. The first-order chi connectivity index (χ1) is 10.9. The summed E-state index contributed by atoms with van der Waals surface area (Å²) in [6, 6.07) is 1.59. The van der Waals surface area contributed by atoms with E-state index in [0.29, 0.717) is 6.42 Å². The van der Waals surface area contributed by atoms with Crippen molar-refractivity contribution in [3.8, 4) is 0 Å². The number of anilines is 1. The zero-order valence-corrected chi connectivity index (χ0v) is 16.5. The van der Waals surface area contributed by atoms with Crippen molar-refractivity contribution >= 4 is 14.6 Å². The molecule has 0 spiro atoms. The van der Waals surface area contributed by atoms with Crippen molar-refractivity contribution in [1.82, 2.24) is 9.55 Å². The van der Waals surface area contributed by atoms with E-state index >= 15 is 0 Å². The fraction of sp³-hybridized carbons (Fsp3) is 0.750. The van der Waals surface area contributed by atoms with Crippen LogP contribution in [0.25, 0.3) is 0 Å². The van der Waals surface area contributed by atoms with Crippen LogP contribution in [0.1, 0.15) is 34.1 Å². The van der Waals surface area contributed by atoms with Crippen LogP contribution in [0, 0.1) is 0 Å². The van der Waals surface area contributed by atoms with Crippen LogP contribution in [0.5, 0.6) is 0 Å². The van der Waals surface area contributed by atoms with Gasteiger partial charge >= 0.3 is 5.69 Å². The molecule has 1 saturated heterocycles. The molecule has 3 N–H and O–H groups in total. The molecule has 7 nitrogen and oxygen atoms in total. The van der Waals surface area contributed by atoms with Crippen LogP contribution >= 0.6 is 0 Å². The minimum absolute atomic E-state index is 0.183. The Morgan fingerprint density at radius 1 is 1.54 bits per heavy atom. The summed E-state index contributed by atoms with van der Waals surface area (Å²) in [5.41, 5.74) is 3.91. The molecule has 0 saturated carbocycles. The average Bonchev–Trinajstić information content (AvgIpc) is 2.72. The Morgan fingerprint density at radius 3 is 2.62 bits per heavy atom. The number of hydrogen-bond acceptors (Lipinski definition) is 6. The monoisotopic (exact) mass is 355 g/mol. The lowest BCUT2D eigenvalue weighted by atomic mass is 9.99. The molecule has 0 aromatic carbocycles. The molecule has 2 heterocycles. The summed E-state index contributed by atoms with van der Waals surface area (Å²) < 4.78 is 14.1. The van der Waals surface area contributed by atoms with Gasteiger partial charge in [0.05, 0.1) is 27.1 Å². The summed E-state index contributed by atoms with van der Waals surface area (Å²) in [4.78, 5) is 16.3. The van der Waals surface area contributed by atoms with E-state index in [2.05, 4.69) is 18.1 Å². The third-order valence-corrected chi connectivity index (χ3v) is 6.95. The number of rotatable bonds is 4. The van der Waals surface area contributed by atoms with Crippen LogP contribution in [0.3, 0.4) is 0 Å². The van der Waals surface area contributed by atoms with Gasteiger partial charge in [-0.05, 0) is 33.8 Å². The van der Waals surface area contributed by atoms with E-state index in [4.69, 9.17) is 15.2 Å². The summed E-state index contributed by atoms with van der Waals surface area (Å²) in [5, 5.41) is 9.14. The molecule has 2 rings (SSSR count). The number of nitrogens with two attached hydrogens (primary N) is 1. The fourth-order valence-corrected chi connectivity index (χ4v) is 5.15. The van der Waals surface area contributed by atoms with Crippen LogP contribution < -0.4 is 11.4 Å². The molecule has 1 aliphatic rings. The molecule has 1 fully saturated rings. The number of aliphatic hydroxyl groups excluding tert-OH is 1. The van der Waals surface area contributed by atoms with Gasteiger partial charge in [0.15, 0.2) is 0 Å². The molecule has 136 valence electrons. The van der Waals surface area contributed by atoms with Gasteiger partial charge in [-0.3, -0.25) is 4.57 Å². The van der Waals surface area contributed by atoms with Crippen molar-refractivity contribution in [3.05, 3.63) is 22.7 Å². The van der Waals surface area contributed by atoms with E-state index in [1.54, 1.807) is 12.3 Å². The molecule has 1 aliphatic heterocycles. The molecule has 1 aromatic rings. The molecule has 1 aromatic heterocycles. The Morgan fingerprint density at radius 2 is 2.17 bits per heavy atom. The van der Waals surface area contributed by atoms with Crippen LogP contribution in [0.15, 0.2) is 17.1 Å². The van der Waals surface area contributed by atoms with Gasteiger partial charge < -0.3 is 20.3 Å². The molecule has 0 amide bonds. The van der Waals surface area contributed by atoms with Gasteiger partial charge in [-0.2, -0.15) is 4.98 Å². The molecule has 0 radical (unpaired) electrons. The zero-order chi connectivity index (χ0) is 18.3. The molecule has 24 heavy (non-hydrogen) atoms. The topological polar surface area (TPSA) is 99.6 Å². The Bertz CT molecular complexity index is 657. The Labute approximate surface area is 144 Å². The molecule has 3 atom stereocenters. The average molecular weight is 356 g/mol. The number of aliphatic hydroxyl groups is 1. The predicted octanol–water partition coefficient (Wildman–Crippen LogP) is 0.859. The second-order valence-corrected chi connectivity index (χ2v) is 11.2. The number of aromatic nitrogens is 2.